The van der Waals surface area contributed by atoms with E-state index in [9.17, 15) is 18.0 Å². The fourth-order valence-corrected chi connectivity index (χ4v) is 4.38. The van der Waals surface area contributed by atoms with E-state index in [1.54, 1.807) is 0 Å². The van der Waals surface area contributed by atoms with Crippen molar-refractivity contribution in [3.05, 3.63) is 29.3 Å². The van der Waals surface area contributed by atoms with E-state index in [1.165, 1.54) is 36.7 Å². The second kappa shape index (κ2) is 8.34. The quantitative estimate of drug-likeness (QED) is 0.726. The molecule has 2 N–H and O–H groups in total. The molecule has 1 unspecified atom stereocenters. The lowest BCUT2D eigenvalue weighted by atomic mass is 9.90. The predicted octanol–water partition coefficient (Wildman–Crippen LogP) is 1.04. The maximum atomic E-state index is 12.9. The molecule has 0 aromatic heterocycles. The first kappa shape index (κ1) is 22.4. The largest absolute Gasteiger partial charge is 0.465 e. The highest BCUT2D eigenvalue weighted by Crippen LogP contribution is 2.33. The number of nitrogens with two attached hydrogens (primary N) is 1. The van der Waals surface area contributed by atoms with E-state index in [0.29, 0.717) is 19.5 Å². The molecule has 1 fully saturated rings. The molecule has 0 radical (unpaired) electrons. The lowest BCUT2D eigenvalue weighted by molar-refractivity contribution is 0.0598. The molecule has 1 aromatic carbocycles. The third-order valence-electron chi connectivity index (χ3n) is 4.40. The first-order valence-corrected chi connectivity index (χ1v) is 9.13. The minimum atomic E-state index is -3.89. The van der Waals surface area contributed by atoms with Crippen LogP contribution in [0.2, 0.25) is 0 Å². The summed E-state index contributed by atoms with van der Waals surface area (Å²) < 4.78 is 36.5. The number of carbonyl (C=O) groups is 2. The van der Waals surface area contributed by atoms with Crippen molar-refractivity contribution in [2.24, 2.45) is 11.1 Å². The number of carbonyl (C=O) groups excluding carboxylic acids is 2. The number of sulfonamides is 1. The fraction of sp³-hybridized carbons (Fsp3) is 0.500. The van der Waals surface area contributed by atoms with Crippen molar-refractivity contribution in [2.75, 3.05) is 33.9 Å². The van der Waals surface area contributed by atoms with Gasteiger partial charge in [-0.15, -0.1) is 12.4 Å². The number of ether oxygens (including phenoxy) is 2. The Morgan fingerprint density at radius 2 is 1.65 bits per heavy atom. The van der Waals surface area contributed by atoms with Crippen molar-refractivity contribution in [3.63, 3.8) is 0 Å². The summed E-state index contributed by atoms with van der Waals surface area (Å²) in [5.74, 6) is -1.48. The van der Waals surface area contributed by atoms with Gasteiger partial charge in [-0.25, -0.2) is 18.0 Å². The Morgan fingerprint density at radius 3 is 2.04 bits per heavy atom. The number of rotatable bonds is 5. The molecule has 8 nitrogen and oxygen atoms in total. The van der Waals surface area contributed by atoms with Gasteiger partial charge in [-0.3, -0.25) is 0 Å². The molecule has 1 aromatic rings. The molecule has 0 saturated carbocycles. The fourth-order valence-electron chi connectivity index (χ4n) is 2.72. The highest BCUT2D eigenvalue weighted by Gasteiger charge is 2.39. The maximum Gasteiger partial charge on any atom is 0.337 e. The molecule has 0 spiro atoms. The number of benzene rings is 1. The first-order valence-electron chi connectivity index (χ1n) is 7.69. The molecule has 1 aliphatic rings. The normalized spacial score (nSPS) is 20.3. The third-order valence-corrected chi connectivity index (χ3v) is 6.23. The van der Waals surface area contributed by atoms with Gasteiger partial charge in [0, 0.05) is 13.1 Å². The monoisotopic (exact) mass is 406 g/mol. The zero-order valence-corrected chi connectivity index (χ0v) is 16.5. The smallest absolute Gasteiger partial charge is 0.337 e. The first-order chi connectivity index (χ1) is 11.7. The lowest BCUT2D eigenvalue weighted by Gasteiger charge is -2.22. The summed E-state index contributed by atoms with van der Waals surface area (Å²) in [6, 6.07) is 3.64. The van der Waals surface area contributed by atoms with Gasteiger partial charge < -0.3 is 15.2 Å². The van der Waals surface area contributed by atoms with E-state index in [0.717, 1.165) is 0 Å². The van der Waals surface area contributed by atoms with Crippen molar-refractivity contribution < 1.29 is 27.5 Å². The van der Waals surface area contributed by atoms with Crippen molar-refractivity contribution in [1.82, 2.24) is 4.31 Å². The van der Waals surface area contributed by atoms with Crippen LogP contribution in [0.4, 0.5) is 0 Å². The minimum absolute atomic E-state index is 0. The van der Waals surface area contributed by atoms with Gasteiger partial charge in [0.1, 0.15) is 0 Å². The van der Waals surface area contributed by atoms with Crippen molar-refractivity contribution >= 4 is 34.4 Å². The topological polar surface area (TPSA) is 116 Å². The number of halogens is 1. The number of nitrogens with zero attached hydrogens (tertiary/aromatic N) is 1. The van der Waals surface area contributed by atoms with Crippen LogP contribution in [-0.4, -0.2) is 58.5 Å². The van der Waals surface area contributed by atoms with Crippen LogP contribution in [0, 0.1) is 5.41 Å². The number of esters is 2. The van der Waals surface area contributed by atoms with Gasteiger partial charge in [-0.05, 0) is 36.6 Å². The molecule has 1 aliphatic heterocycles. The predicted molar refractivity (Wildman–Crippen MR) is 96.9 cm³/mol. The Morgan fingerprint density at radius 1 is 1.15 bits per heavy atom. The van der Waals surface area contributed by atoms with Crippen LogP contribution in [0.1, 0.15) is 34.1 Å². The Kier molecular flexibility index (Phi) is 7.17. The lowest BCUT2D eigenvalue weighted by Crippen LogP contribution is -2.34. The molecule has 1 heterocycles. The second-order valence-electron chi connectivity index (χ2n) is 6.33. The molecular weight excluding hydrogens is 384 g/mol. The molecule has 10 heteroatoms. The van der Waals surface area contributed by atoms with Crippen molar-refractivity contribution in [2.45, 2.75) is 18.2 Å². The molecule has 0 bridgehead atoms. The minimum Gasteiger partial charge on any atom is -0.465 e. The SMILES string of the molecule is COC(=O)c1cc(C(=O)OC)cc(S(=O)(=O)N2CCC(C)(CN)C2)c1.Cl. The van der Waals surface area contributed by atoms with E-state index in [2.05, 4.69) is 9.47 Å². The Labute approximate surface area is 159 Å². The van der Waals surface area contributed by atoms with E-state index in [-0.39, 0.29) is 40.4 Å². The average molecular weight is 407 g/mol. The van der Waals surface area contributed by atoms with Crippen LogP contribution in [0.3, 0.4) is 0 Å². The van der Waals surface area contributed by atoms with E-state index >= 15 is 0 Å². The second-order valence-corrected chi connectivity index (χ2v) is 8.27. The van der Waals surface area contributed by atoms with Crippen LogP contribution in [0.15, 0.2) is 23.1 Å². The van der Waals surface area contributed by atoms with Crippen LogP contribution in [0.5, 0.6) is 0 Å². The van der Waals surface area contributed by atoms with E-state index in [1.807, 2.05) is 6.92 Å². The van der Waals surface area contributed by atoms with Gasteiger partial charge in [-0.1, -0.05) is 6.92 Å². The Bertz CT molecular complexity index is 764. The molecule has 0 aliphatic carbocycles. The van der Waals surface area contributed by atoms with Gasteiger partial charge in [0.05, 0.1) is 30.2 Å². The summed E-state index contributed by atoms with van der Waals surface area (Å²) in [4.78, 5) is 23.5. The van der Waals surface area contributed by atoms with Gasteiger partial charge in [0.15, 0.2) is 0 Å². The van der Waals surface area contributed by atoms with Crippen LogP contribution >= 0.6 is 12.4 Å². The van der Waals surface area contributed by atoms with Gasteiger partial charge in [0.2, 0.25) is 10.0 Å². The Balaban J connectivity index is 0.00000338. The summed E-state index contributed by atoms with van der Waals surface area (Å²) in [5.41, 5.74) is 5.36. The van der Waals surface area contributed by atoms with Crippen LogP contribution in [0.25, 0.3) is 0 Å². The zero-order valence-electron chi connectivity index (χ0n) is 14.9. The van der Waals surface area contributed by atoms with E-state index in [4.69, 9.17) is 5.73 Å². The molecular formula is C16H23ClN2O6S. The molecule has 0 amide bonds. The summed E-state index contributed by atoms with van der Waals surface area (Å²) in [5, 5.41) is 0. The summed E-state index contributed by atoms with van der Waals surface area (Å²) in [6.07, 6.45) is 0.642. The number of hydrogen-bond donors (Lipinski definition) is 1. The van der Waals surface area contributed by atoms with Crippen LogP contribution < -0.4 is 5.73 Å². The zero-order chi connectivity index (χ0) is 18.8. The third kappa shape index (κ3) is 4.35. The van der Waals surface area contributed by atoms with E-state index < -0.39 is 22.0 Å². The number of methoxy groups -OCH3 is 2. The van der Waals surface area contributed by atoms with Gasteiger partial charge >= 0.3 is 11.9 Å². The molecule has 2 rings (SSSR count). The summed E-state index contributed by atoms with van der Waals surface area (Å²) in [7, 11) is -1.54. The number of hydrogen-bond acceptors (Lipinski definition) is 7. The summed E-state index contributed by atoms with van der Waals surface area (Å²) >= 11 is 0. The van der Waals surface area contributed by atoms with Crippen molar-refractivity contribution in [1.29, 1.82) is 0 Å². The van der Waals surface area contributed by atoms with Gasteiger partial charge in [-0.2, -0.15) is 4.31 Å². The molecule has 146 valence electrons. The Hall–Kier alpha value is -1.68. The van der Waals surface area contributed by atoms with Gasteiger partial charge in [0.25, 0.3) is 0 Å². The van der Waals surface area contributed by atoms with Crippen molar-refractivity contribution in [3.8, 4) is 0 Å². The standard InChI is InChI=1S/C16H22N2O6S.ClH/c1-16(9-17)4-5-18(10-16)25(21,22)13-7-11(14(19)23-2)6-12(8-13)15(20)24-3;/h6-8H,4-5,9-10,17H2,1-3H3;1H. The average Bonchev–Trinajstić information content (AvgIpc) is 3.03. The highest BCUT2D eigenvalue weighted by molar-refractivity contribution is 7.89. The highest BCUT2D eigenvalue weighted by atomic mass is 35.5. The summed E-state index contributed by atoms with van der Waals surface area (Å²) in [6.45, 7) is 2.90. The molecule has 1 saturated heterocycles. The maximum absolute atomic E-state index is 12.9. The van der Waals surface area contributed by atoms with Crippen LogP contribution in [-0.2, 0) is 19.5 Å². The molecule has 26 heavy (non-hydrogen) atoms. The molecule has 1 atom stereocenters.